The third-order valence-electron chi connectivity index (χ3n) is 3.93. The normalized spacial score (nSPS) is 17.1. The lowest BCUT2D eigenvalue weighted by atomic mass is 9.95. The molecule has 1 aromatic rings. The fourth-order valence-electron chi connectivity index (χ4n) is 3.14. The first-order valence-corrected chi connectivity index (χ1v) is 6.63. The molecule has 3 rings (SSSR count). The molecular formula is C15H19NO. The summed E-state index contributed by atoms with van der Waals surface area (Å²) >= 11 is 0. The monoisotopic (exact) mass is 229 g/mol. The van der Waals surface area contributed by atoms with Gasteiger partial charge in [0.1, 0.15) is 5.78 Å². The van der Waals surface area contributed by atoms with Gasteiger partial charge in [-0.15, -0.1) is 0 Å². The van der Waals surface area contributed by atoms with Gasteiger partial charge in [0.25, 0.3) is 0 Å². The van der Waals surface area contributed by atoms with E-state index >= 15 is 0 Å². The first kappa shape index (κ1) is 10.8. The van der Waals surface area contributed by atoms with Crippen LogP contribution in [0.5, 0.6) is 0 Å². The van der Waals surface area contributed by atoms with Gasteiger partial charge in [0.15, 0.2) is 0 Å². The summed E-state index contributed by atoms with van der Waals surface area (Å²) in [6, 6.07) is 4.66. The fraction of sp³-hybridized carbons (Fsp3) is 0.533. The second kappa shape index (κ2) is 4.17. The zero-order valence-corrected chi connectivity index (χ0v) is 10.5. The van der Waals surface area contributed by atoms with E-state index in [-0.39, 0.29) is 0 Å². The maximum atomic E-state index is 11.1. The van der Waals surface area contributed by atoms with E-state index in [1.807, 2.05) is 0 Å². The van der Waals surface area contributed by atoms with Crippen LogP contribution in [-0.2, 0) is 24.1 Å². The second-order valence-electron chi connectivity index (χ2n) is 5.31. The minimum Gasteiger partial charge on any atom is -0.371 e. The lowest BCUT2D eigenvalue weighted by molar-refractivity contribution is -0.116. The van der Waals surface area contributed by atoms with Crippen molar-refractivity contribution in [2.24, 2.45) is 0 Å². The summed E-state index contributed by atoms with van der Waals surface area (Å²) in [5.74, 6) is 0.292. The average molecular weight is 229 g/mol. The van der Waals surface area contributed by atoms with Gasteiger partial charge in [-0.05, 0) is 49.3 Å². The van der Waals surface area contributed by atoms with Crippen LogP contribution in [0.3, 0.4) is 0 Å². The van der Waals surface area contributed by atoms with Crippen molar-refractivity contribution >= 4 is 11.5 Å². The summed E-state index contributed by atoms with van der Waals surface area (Å²) < 4.78 is 0. The van der Waals surface area contributed by atoms with Gasteiger partial charge in [-0.2, -0.15) is 0 Å². The Kier molecular flexibility index (Phi) is 2.65. The molecule has 0 N–H and O–H groups in total. The number of rotatable bonds is 3. The topological polar surface area (TPSA) is 20.3 Å². The van der Waals surface area contributed by atoms with Crippen LogP contribution in [0.25, 0.3) is 0 Å². The summed E-state index contributed by atoms with van der Waals surface area (Å²) in [4.78, 5) is 13.6. The van der Waals surface area contributed by atoms with Crippen LogP contribution in [0.4, 0.5) is 5.69 Å². The SMILES string of the molecule is CC(=O)CCc1cc2c3c(c1)CCN3CCC2. The minimum atomic E-state index is 0.292. The van der Waals surface area contributed by atoms with Crippen molar-refractivity contribution in [1.29, 1.82) is 0 Å². The third kappa shape index (κ3) is 1.97. The number of benzene rings is 1. The van der Waals surface area contributed by atoms with Crippen LogP contribution in [0, 0.1) is 0 Å². The second-order valence-corrected chi connectivity index (χ2v) is 5.31. The molecule has 2 nitrogen and oxygen atoms in total. The van der Waals surface area contributed by atoms with Crippen molar-refractivity contribution in [2.75, 3.05) is 18.0 Å². The van der Waals surface area contributed by atoms with E-state index in [1.54, 1.807) is 6.92 Å². The van der Waals surface area contributed by atoms with Crippen molar-refractivity contribution in [3.8, 4) is 0 Å². The first-order valence-electron chi connectivity index (χ1n) is 6.63. The molecule has 2 heteroatoms. The third-order valence-corrected chi connectivity index (χ3v) is 3.93. The molecule has 0 atom stereocenters. The van der Waals surface area contributed by atoms with Gasteiger partial charge in [-0.1, -0.05) is 12.1 Å². The maximum Gasteiger partial charge on any atom is 0.130 e. The predicted octanol–water partition coefficient (Wildman–Crippen LogP) is 2.52. The Morgan fingerprint density at radius 1 is 1.24 bits per heavy atom. The van der Waals surface area contributed by atoms with Crippen LogP contribution >= 0.6 is 0 Å². The number of carbonyl (C=O) groups excluding carboxylic acids is 1. The number of nitrogens with zero attached hydrogens (tertiary/aromatic N) is 1. The van der Waals surface area contributed by atoms with Crippen LogP contribution in [0.15, 0.2) is 12.1 Å². The van der Waals surface area contributed by atoms with Crippen LogP contribution in [0.1, 0.15) is 36.5 Å². The molecule has 17 heavy (non-hydrogen) atoms. The fourth-order valence-corrected chi connectivity index (χ4v) is 3.14. The molecule has 0 spiro atoms. The van der Waals surface area contributed by atoms with Crippen molar-refractivity contribution in [2.45, 2.75) is 39.0 Å². The highest BCUT2D eigenvalue weighted by Crippen LogP contribution is 2.37. The Bertz CT molecular complexity index is 464. The maximum absolute atomic E-state index is 11.1. The van der Waals surface area contributed by atoms with E-state index in [2.05, 4.69) is 17.0 Å². The number of Topliss-reactive ketones (excluding diaryl/α,β-unsaturated/α-hetero) is 1. The number of ketones is 1. The molecule has 2 heterocycles. The average Bonchev–Trinajstić information content (AvgIpc) is 2.72. The largest absolute Gasteiger partial charge is 0.371 e. The summed E-state index contributed by atoms with van der Waals surface area (Å²) in [6.45, 7) is 4.10. The molecule has 0 saturated heterocycles. The first-order chi connectivity index (χ1) is 8.24. The molecule has 0 radical (unpaired) electrons. The van der Waals surface area contributed by atoms with E-state index in [9.17, 15) is 4.79 Å². The molecule has 0 unspecified atom stereocenters. The molecule has 1 aromatic carbocycles. The highest BCUT2D eigenvalue weighted by Gasteiger charge is 2.25. The Hall–Kier alpha value is -1.31. The van der Waals surface area contributed by atoms with Crippen LogP contribution < -0.4 is 4.90 Å². The minimum absolute atomic E-state index is 0.292. The molecule has 0 saturated carbocycles. The zero-order chi connectivity index (χ0) is 11.8. The molecule has 90 valence electrons. The number of anilines is 1. The molecule has 2 aliphatic heterocycles. The van der Waals surface area contributed by atoms with Gasteiger partial charge in [0.05, 0.1) is 0 Å². The highest BCUT2D eigenvalue weighted by atomic mass is 16.1. The quantitative estimate of drug-likeness (QED) is 0.793. The summed E-state index contributed by atoms with van der Waals surface area (Å²) in [6.07, 6.45) is 5.28. The van der Waals surface area contributed by atoms with Gasteiger partial charge in [-0.3, -0.25) is 0 Å². The smallest absolute Gasteiger partial charge is 0.130 e. The van der Waals surface area contributed by atoms with E-state index in [0.717, 1.165) is 6.42 Å². The van der Waals surface area contributed by atoms with E-state index in [0.29, 0.717) is 12.2 Å². The van der Waals surface area contributed by atoms with Crippen LogP contribution in [0.2, 0.25) is 0 Å². The number of hydrogen-bond donors (Lipinski definition) is 0. The van der Waals surface area contributed by atoms with Crippen molar-refractivity contribution in [3.63, 3.8) is 0 Å². The molecular weight excluding hydrogens is 210 g/mol. The van der Waals surface area contributed by atoms with Gasteiger partial charge >= 0.3 is 0 Å². The van der Waals surface area contributed by atoms with Gasteiger partial charge in [-0.25, -0.2) is 0 Å². The van der Waals surface area contributed by atoms with Gasteiger partial charge in [0, 0.05) is 25.2 Å². The molecule has 2 aliphatic rings. The van der Waals surface area contributed by atoms with E-state index in [1.165, 1.54) is 54.7 Å². The van der Waals surface area contributed by atoms with Crippen LogP contribution in [-0.4, -0.2) is 18.9 Å². The molecule has 0 aromatic heterocycles. The summed E-state index contributed by atoms with van der Waals surface area (Å²) in [5.41, 5.74) is 5.91. The lowest BCUT2D eigenvalue weighted by Gasteiger charge is -2.27. The Balaban J connectivity index is 1.91. The molecule has 0 fully saturated rings. The van der Waals surface area contributed by atoms with Crippen molar-refractivity contribution in [1.82, 2.24) is 0 Å². The molecule has 0 amide bonds. The standard InChI is InChI=1S/C15H19NO/c1-11(17)4-5-12-9-13-3-2-7-16-8-6-14(10-12)15(13)16/h9-10H,2-8H2,1H3. The predicted molar refractivity (Wildman–Crippen MR) is 69.7 cm³/mol. The van der Waals surface area contributed by atoms with E-state index < -0.39 is 0 Å². The Morgan fingerprint density at radius 3 is 2.76 bits per heavy atom. The number of aryl methyl sites for hydroxylation is 2. The highest BCUT2D eigenvalue weighted by molar-refractivity contribution is 5.76. The lowest BCUT2D eigenvalue weighted by Crippen LogP contribution is -2.26. The van der Waals surface area contributed by atoms with Crippen molar-refractivity contribution < 1.29 is 4.79 Å². The molecule has 0 bridgehead atoms. The summed E-state index contributed by atoms with van der Waals surface area (Å²) in [7, 11) is 0. The van der Waals surface area contributed by atoms with E-state index in [4.69, 9.17) is 0 Å². The Labute approximate surface area is 103 Å². The zero-order valence-electron chi connectivity index (χ0n) is 10.5. The Morgan fingerprint density at radius 2 is 2.00 bits per heavy atom. The molecule has 0 aliphatic carbocycles. The summed E-state index contributed by atoms with van der Waals surface area (Å²) in [5, 5.41) is 0. The van der Waals surface area contributed by atoms with Gasteiger partial charge < -0.3 is 9.69 Å². The number of hydrogen-bond acceptors (Lipinski definition) is 2. The number of carbonyl (C=O) groups is 1. The van der Waals surface area contributed by atoms with Gasteiger partial charge in [0.2, 0.25) is 0 Å². The van der Waals surface area contributed by atoms with Crippen molar-refractivity contribution in [3.05, 3.63) is 28.8 Å².